The van der Waals surface area contributed by atoms with Gasteiger partial charge in [-0.15, -0.1) is 0 Å². The van der Waals surface area contributed by atoms with Gasteiger partial charge in [-0.1, -0.05) is 17.7 Å². The molecule has 0 heterocycles. The maximum absolute atomic E-state index is 12.9. The molecule has 0 spiro atoms. The fourth-order valence-electron chi connectivity index (χ4n) is 0.949. The van der Waals surface area contributed by atoms with E-state index in [1.807, 2.05) is 0 Å². The van der Waals surface area contributed by atoms with E-state index in [4.69, 9.17) is 22.4 Å². The first-order chi connectivity index (χ1) is 6.07. The highest BCUT2D eigenvalue weighted by Crippen LogP contribution is 2.23. The topological polar surface area (TPSA) is 63.3 Å². The number of benzene rings is 1. The summed E-state index contributed by atoms with van der Waals surface area (Å²) in [5, 5.41) is 8.47. The molecule has 0 radical (unpaired) electrons. The zero-order chi connectivity index (χ0) is 10.0. The number of halogens is 2. The second kappa shape index (κ2) is 3.72. The average Bonchev–Trinajstić information content (AvgIpc) is 2.04. The quantitative estimate of drug-likeness (QED) is 0.768. The number of hydrogen-bond donors (Lipinski definition) is 2. The Morgan fingerprint density at radius 2 is 2.23 bits per heavy atom. The van der Waals surface area contributed by atoms with Crippen molar-refractivity contribution < 1.29 is 14.3 Å². The van der Waals surface area contributed by atoms with E-state index in [1.165, 1.54) is 6.07 Å². The van der Waals surface area contributed by atoms with Crippen LogP contribution in [0.5, 0.6) is 0 Å². The Morgan fingerprint density at radius 1 is 1.62 bits per heavy atom. The first kappa shape index (κ1) is 9.95. The van der Waals surface area contributed by atoms with Crippen molar-refractivity contribution >= 4 is 17.6 Å². The third-order valence-corrected chi connectivity index (χ3v) is 2.04. The lowest BCUT2D eigenvalue weighted by atomic mass is 10.1. The Balaban J connectivity index is 3.38. The van der Waals surface area contributed by atoms with Gasteiger partial charge in [0.05, 0.1) is 5.02 Å². The number of rotatable bonds is 2. The molecule has 0 bridgehead atoms. The van der Waals surface area contributed by atoms with E-state index in [2.05, 4.69) is 0 Å². The van der Waals surface area contributed by atoms with Gasteiger partial charge in [0.2, 0.25) is 0 Å². The van der Waals surface area contributed by atoms with E-state index in [0.29, 0.717) is 5.56 Å². The molecule has 1 aromatic carbocycles. The molecule has 0 aliphatic heterocycles. The third-order valence-electron chi connectivity index (χ3n) is 1.60. The number of carboxylic acid groups (broad SMARTS) is 1. The van der Waals surface area contributed by atoms with E-state index >= 15 is 0 Å². The van der Waals surface area contributed by atoms with Crippen molar-refractivity contribution in [1.82, 2.24) is 0 Å². The molecule has 0 fully saturated rings. The minimum atomic E-state index is -1.39. The first-order valence-electron chi connectivity index (χ1n) is 3.48. The molecule has 0 amide bonds. The molecule has 13 heavy (non-hydrogen) atoms. The standard InChI is InChI=1S/C8H7ClFNO2/c9-7-4(3-11)1-2-5(10)6(7)8(12)13/h1-2H,3,11H2,(H,12,13). The highest BCUT2D eigenvalue weighted by Gasteiger charge is 2.16. The smallest absolute Gasteiger partial charge is 0.340 e. The molecule has 1 aromatic rings. The van der Waals surface area contributed by atoms with Crippen molar-refractivity contribution in [3.63, 3.8) is 0 Å². The van der Waals surface area contributed by atoms with Crippen molar-refractivity contribution in [3.05, 3.63) is 34.1 Å². The molecule has 3 nitrogen and oxygen atoms in total. The Bertz CT molecular complexity index is 354. The fourth-order valence-corrected chi connectivity index (χ4v) is 1.26. The summed E-state index contributed by atoms with van der Waals surface area (Å²) in [5.41, 5.74) is 5.16. The molecular weight excluding hydrogens is 197 g/mol. The zero-order valence-corrected chi connectivity index (χ0v) is 7.31. The van der Waals surface area contributed by atoms with Crippen LogP contribution in [0.2, 0.25) is 5.02 Å². The average molecular weight is 204 g/mol. The van der Waals surface area contributed by atoms with E-state index in [1.54, 1.807) is 0 Å². The summed E-state index contributed by atoms with van der Waals surface area (Å²) in [7, 11) is 0. The molecule has 0 aliphatic rings. The number of carbonyl (C=O) groups is 1. The predicted octanol–water partition coefficient (Wildman–Crippen LogP) is 1.64. The minimum Gasteiger partial charge on any atom is -0.478 e. The van der Waals surface area contributed by atoms with Gasteiger partial charge in [0.25, 0.3) is 0 Å². The number of nitrogens with two attached hydrogens (primary N) is 1. The van der Waals surface area contributed by atoms with Crippen LogP contribution in [0.4, 0.5) is 4.39 Å². The third kappa shape index (κ3) is 1.79. The Kier molecular flexibility index (Phi) is 2.85. The van der Waals surface area contributed by atoms with Gasteiger partial charge >= 0.3 is 5.97 Å². The van der Waals surface area contributed by atoms with Gasteiger partial charge in [-0.05, 0) is 11.6 Å². The molecule has 70 valence electrons. The molecule has 0 aromatic heterocycles. The van der Waals surface area contributed by atoms with Crippen LogP contribution in [0.25, 0.3) is 0 Å². The summed E-state index contributed by atoms with van der Waals surface area (Å²) in [6.07, 6.45) is 0. The summed E-state index contributed by atoms with van der Waals surface area (Å²) >= 11 is 5.61. The lowest BCUT2D eigenvalue weighted by Gasteiger charge is -2.04. The van der Waals surface area contributed by atoms with Crippen molar-refractivity contribution in [2.45, 2.75) is 6.54 Å². The van der Waals surface area contributed by atoms with Crippen molar-refractivity contribution in [1.29, 1.82) is 0 Å². The monoisotopic (exact) mass is 203 g/mol. The fraction of sp³-hybridized carbons (Fsp3) is 0.125. The SMILES string of the molecule is NCc1ccc(F)c(C(=O)O)c1Cl. The van der Waals surface area contributed by atoms with Crippen molar-refractivity contribution in [3.8, 4) is 0 Å². The van der Waals surface area contributed by atoms with Gasteiger partial charge in [0, 0.05) is 6.54 Å². The molecule has 0 atom stereocenters. The van der Waals surface area contributed by atoms with Gasteiger partial charge in [-0.25, -0.2) is 9.18 Å². The largest absolute Gasteiger partial charge is 0.478 e. The van der Waals surface area contributed by atoms with Crippen LogP contribution in [0.1, 0.15) is 15.9 Å². The lowest BCUT2D eigenvalue weighted by molar-refractivity contribution is 0.0692. The second-order valence-corrected chi connectivity index (χ2v) is 2.78. The van der Waals surface area contributed by atoms with Crippen LogP contribution in [0.15, 0.2) is 12.1 Å². The Labute approximate surface area is 78.9 Å². The van der Waals surface area contributed by atoms with Crippen molar-refractivity contribution in [2.24, 2.45) is 5.73 Å². The first-order valence-corrected chi connectivity index (χ1v) is 3.86. The van der Waals surface area contributed by atoms with E-state index in [-0.39, 0.29) is 11.6 Å². The van der Waals surface area contributed by atoms with Gasteiger partial charge in [-0.3, -0.25) is 0 Å². The summed E-state index contributed by atoms with van der Waals surface area (Å²) in [5.74, 6) is -2.24. The minimum absolute atomic E-state index is 0.0827. The van der Waals surface area contributed by atoms with Crippen molar-refractivity contribution in [2.75, 3.05) is 0 Å². The normalized spacial score (nSPS) is 10.1. The Morgan fingerprint density at radius 3 is 2.69 bits per heavy atom. The Hall–Kier alpha value is -1.13. The molecule has 0 saturated carbocycles. The van der Waals surface area contributed by atoms with Crippen LogP contribution >= 0.6 is 11.6 Å². The molecule has 5 heteroatoms. The molecule has 0 unspecified atom stereocenters. The molecule has 1 rings (SSSR count). The molecular formula is C8H7ClFNO2. The van der Waals surface area contributed by atoms with Gasteiger partial charge < -0.3 is 10.8 Å². The van der Waals surface area contributed by atoms with Gasteiger partial charge in [0.15, 0.2) is 0 Å². The highest BCUT2D eigenvalue weighted by molar-refractivity contribution is 6.34. The molecule has 0 aliphatic carbocycles. The summed E-state index contributed by atoms with van der Waals surface area (Å²) in [4.78, 5) is 10.5. The lowest BCUT2D eigenvalue weighted by Crippen LogP contribution is -2.06. The van der Waals surface area contributed by atoms with E-state index in [9.17, 15) is 9.18 Å². The van der Waals surface area contributed by atoms with E-state index in [0.717, 1.165) is 6.07 Å². The maximum atomic E-state index is 12.9. The zero-order valence-electron chi connectivity index (χ0n) is 6.55. The molecule has 3 N–H and O–H groups in total. The number of aromatic carboxylic acids is 1. The number of hydrogen-bond acceptors (Lipinski definition) is 2. The molecule has 0 saturated heterocycles. The van der Waals surface area contributed by atoms with Crippen LogP contribution in [-0.2, 0) is 6.54 Å². The van der Waals surface area contributed by atoms with E-state index < -0.39 is 17.3 Å². The van der Waals surface area contributed by atoms with Crippen LogP contribution in [0.3, 0.4) is 0 Å². The highest BCUT2D eigenvalue weighted by atomic mass is 35.5. The van der Waals surface area contributed by atoms with Gasteiger partial charge in [-0.2, -0.15) is 0 Å². The second-order valence-electron chi connectivity index (χ2n) is 2.40. The maximum Gasteiger partial charge on any atom is 0.340 e. The van der Waals surface area contributed by atoms with Gasteiger partial charge in [0.1, 0.15) is 11.4 Å². The summed E-state index contributed by atoms with van der Waals surface area (Å²) in [6, 6.07) is 2.40. The van der Waals surface area contributed by atoms with Crippen LogP contribution < -0.4 is 5.73 Å². The number of carboxylic acids is 1. The predicted molar refractivity (Wildman–Crippen MR) is 46.3 cm³/mol. The van der Waals surface area contributed by atoms with Crippen LogP contribution in [-0.4, -0.2) is 11.1 Å². The summed E-state index contributed by atoms with van der Waals surface area (Å²) in [6.45, 7) is 0.0827. The summed E-state index contributed by atoms with van der Waals surface area (Å²) < 4.78 is 12.9. The van der Waals surface area contributed by atoms with Crippen LogP contribution in [0, 0.1) is 5.82 Å².